The van der Waals surface area contributed by atoms with Crippen LogP contribution in [0.1, 0.15) is 68.2 Å². The zero-order chi connectivity index (χ0) is 14.1. The van der Waals surface area contributed by atoms with Crippen molar-refractivity contribution in [3.05, 3.63) is 34.4 Å². The SMILES string of the molecule is CN1Cc2cc(C(C)(C)C)cc3c2[C@@H](C1)C1(CC3)CC1. The highest BCUT2D eigenvalue weighted by molar-refractivity contribution is 5.48. The molecule has 0 saturated heterocycles. The molecule has 0 radical (unpaired) electrons. The Bertz CT molecular complexity index is 560. The van der Waals surface area contributed by atoms with E-state index in [0.717, 1.165) is 12.5 Å². The first-order valence-electron chi connectivity index (χ1n) is 8.24. The van der Waals surface area contributed by atoms with Gasteiger partial charge in [-0.2, -0.15) is 0 Å². The van der Waals surface area contributed by atoms with Gasteiger partial charge in [0.15, 0.2) is 0 Å². The van der Waals surface area contributed by atoms with Gasteiger partial charge in [-0.3, -0.25) is 0 Å². The van der Waals surface area contributed by atoms with E-state index in [2.05, 4.69) is 44.9 Å². The molecule has 0 N–H and O–H groups in total. The van der Waals surface area contributed by atoms with Crippen LogP contribution in [0.3, 0.4) is 0 Å². The average Bonchev–Trinajstić information content (AvgIpc) is 3.13. The Labute approximate surface area is 123 Å². The first-order chi connectivity index (χ1) is 9.39. The molecule has 2 aliphatic carbocycles. The molecule has 1 fully saturated rings. The van der Waals surface area contributed by atoms with Crippen molar-refractivity contribution in [1.29, 1.82) is 0 Å². The van der Waals surface area contributed by atoms with E-state index < -0.39 is 0 Å². The predicted octanol–water partition coefficient (Wildman–Crippen LogP) is 4.24. The largest absolute Gasteiger partial charge is 0.301 e. The van der Waals surface area contributed by atoms with Gasteiger partial charge in [0.2, 0.25) is 0 Å². The smallest absolute Gasteiger partial charge is 0.0233 e. The normalized spacial score (nSPS) is 27.5. The highest BCUT2D eigenvalue weighted by Gasteiger charge is 2.53. The summed E-state index contributed by atoms with van der Waals surface area (Å²) in [5, 5.41) is 0. The molecule has 0 unspecified atom stereocenters. The maximum Gasteiger partial charge on any atom is 0.0233 e. The first-order valence-corrected chi connectivity index (χ1v) is 8.24. The zero-order valence-corrected chi connectivity index (χ0v) is 13.4. The summed E-state index contributed by atoms with van der Waals surface area (Å²) in [6.07, 6.45) is 5.72. The van der Waals surface area contributed by atoms with Crippen molar-refractivity contribution < 1.29 is 0 Å². The summed E-state index contributed by atoms with van der Waals surface area (Å²) >= 11 is 0. The number of nitrogens with zero attached hydrogens (tertiary/aromatic N) is 1. The molecule has 3 aliphatic rings. The van der Waals surface area contributed by atoms with Gasteiger partial charge >= 0.3 is 0 Å². The molecule has 1 atom stereocenters. The van der Waals surface area contributed by atoms with Crippen LogP contribution >= 0.6 is 0 Å². The van der Waals surface area contributed by atoms with Crippen LogP contribution in [-0.4, -0.2) is 18.5 Å². The lowest BCUT2D eigenvalue weighted by molar-refractivity contribution is 0.211. The van der Waals surface area contributed by atoms with Crippen LogP contribution in [0.15, 0.2) is 12.1 Å². The Hall–Kier alpha value is -0.820. The Morgan fingerprint density at radius 1 is 1.10 bits per heavy atom. The monoisotopic (exact) mass is 269 g/mol. The van der Waals surface area contributed by atoms with Crippen molar-refractivity contribution >= 4 is 0 Å². The Kier molecular flexibility index (Phi) is 2.50. The van der Waals surface area contributed by atoms with Crippen molar-refractivity contribution in [2.45, 2.75) is 64.3 Å². The second kappa shape index (κ2) is 3.88. The molecule has 0 bridgehead atoms. The number of likely N-dealkylation sites (N-methyl/N-ethyl adjacent to an activating group) is 1. The molecular weight excluding hydrogens is 242 g/mol. The van der Waals surface area contributed by atoms with Crippen molar-refractivity contribution in [1.82, 2.24) is 4.90 Å². The van der Waals surface area contributed by atoms with Crippen molar-refractivity contribution in [3.63, 3.8) is 0 Å². The molecule has 1 nitrogen and oxygen atoms in total. The lowest BCUT2D eigenvalue weighted by atomic mass is 9.68. The summed E-state index contributed by atoms with van der Waals surface area (Å²) in [5.74, 6) is 0.828. The molecule has 0 amide bonds. The molecule has 1 heteroatoms. The Morgan fingerprint density at radius 3 is 2.45 bits per heavy atom. The Balaban J connectivity index is 1.88. The van der Waals surface area contributed by atoms with E-state index >= 15 is 0 Å². The van der Waals surface area contributed by atoms with Gasteiger partial charge in [0.25, 0.3) is 0 Å². The third-order valence-electron chi connectivity index (χ3n) is 6.02. The lowest BCUT2D eigenvalue weighted by Crippen LogP contribution is -2.38. The standard InChI is InChI=1S/C19H27N/c1-18(2,3)15-9-13-5-6-19(7-8-19)16-12-20(4)11-14(10-15)17(13)16/h9-10,16H,5-8,11-12H2,1-4H3/t16-/m1/s1. The quantitative estimate of drug-likeness (QED) is 0.681. The molecule has 0 aromatic heterocycles. The van der Waals surface area contributed by atoms with E-state index in [4.69, 9.17) is 0 Å². The minimum Gasteiger partial charge on any atom is -0.301 e. The summed E-state index contributed by atoms with van der Waals surface area (Å²) in [4.78, 5) is 2.55. The second-order valence-electron chi connectivity index (χ2n) is 8.57. The third-order valence-corrected chi connectivity index (χ3v) is 6.02. The number of fused-ring (bicyclic) bond motifs is 1. The van der Waals surface area contributed by atoms with E-state index in [1.165, 1.54) is 37.8 Å². The topological polar surface area (TPSA) is 3.24 Å². The van der Waals surface area contributed by atoms with Gasteiger partial charge in [0.1, 0.15) is 0 Å². The lowest BCUT2D eigenvalue weighted by Gasteiger charge is -2.43. The fraction of sp³-hybridized carbons (Fsp3) is 0.684. The Morgan fingerprint density at radius 2 is 1.80 bits per heavy atom. The van der Waals surface area contributed by atoms with Gasteiger partial charge < -0.3 is 4.90 Å². The van der Waals surface area contributed by atoms with Crippen LogP contribution in [-0.2, 0) is 18.4 Å². The molecule has 4 rings (SSSR count). The summed E-state index contributed by atoms with van der Waals surface area (Å²) < 4.78 is 0. The van der Waals surface area contributed by atoms with Crippen LogP contribution in [0.4, 0.5) is 0 Å². The van der Waals surface area contributed by atoms with E-state index in [-0.39, 0.29) is 5.41 Å². The van der Waals surface area contributed by atoms with Crippen molar-refractivity contribution in [3.8, 4) is 0 Å². The number of hydrogen-bond acceptors (Lipinski definition) is 1. The maximum absolute atomic E-state index is 2.55. The van der Waals surface area contributed by atoms with Crippen LogP contribution in [0.5, 0.6) is 0 Å². The molecule has 1 aliphatic heterocycles. The van der Waals surface area contributed by atoms with Crippen LogP contribution < -0.4 is 0 Å². The predicted molar refractivity (Wildman–Crippen MR) is 84.2 cm³/mol. The zero-order valence-electron chi connectivity index (χ0n) is 13.4. The van der Waals surface area contributed by atoms with Gasteiger partial charge in [-0.1, -0.05) is 32.9 Å². The summed E-state index contributed by atoms with van der Waals surface area (Å²) in [6.45, 7) is 9.47. The summed E-state index contributed by atoms with van der Waals surface area (Å²) in [6, 6.07) is 5.05. The van der Waals surface area contributed by atoms with E-state index in [0.29, 0.717) is 5.41 Å². The minimum atomic E-state index is 0.270. The number of rotatable bonds is 0. The minimum absolute atomic E-state index is 0.270. The average molecular weight is 269 g/mol. The number of hydrogen-bond donors (Lipinski definition) is 0. The molecule has 108 valence electrons. The van der Waals surface area contributed by atoms with Crippen LogP contribution in [0.25, 0.3) is 0 Å². The van der Waals surface area contributed by atoms with E-state index in [1.54, 1.807) is 16.7 Å². The molecular formula is C19H27N. The van der Waals surface area contributed by atoms with Crippen molar-refractivity contribution in [2.75, 3.05) is 13.6 Å². The second-order valence-corrected chi connectivity index (χ2v) is 8.57. The summed E-state index contributed by atoms with van der Waals surface area (Å²) in [7, 11) is 2.30. The van der Waals surface area contributed by atoms with Gasteiger partial charge in [0.05, 0.1) is 0 Å². The maximum atomic E-state index is 2.55. The molecule has 1 aromatic carbocycles. The highest BCUT2D eigenvalue weighted by atomic mass is 15.1. The van der Waals surface area contributed by atoms with Gasteiger partial charge in [-0.25, -0.2) is 0 Å². The molecule has 20 heavy (non-hydrogen) atoms. The fourth-order valence-electron chi connectivity index (χ4n) is 4.57. The molecule has 1 heterocycles. The van der Waals surface area contributed by atoms with Crippen LogP contribution in [0, 0.1) is 5.41 Å². The molecule has 1 aromatic rings. The fourth-order valence-corrected chi connectivity index (χ4v) is 4.57. The number of aryl methyl sites for hydroxylation is 1. The highest BCUT2D eigenvalue weighted by Crippen LogP contribution is 2.63. The van der Waals surface area contributed by atoms with E-state index in [9.17, 15) is 0 Å². The third kappa shape index (κ3) is 1.79. The molecule has 1 spiro atoms. The van der Waals surface area contributed by atoms with Crippen molar-refractivity contribution in [2.24, 2.45) is 5.41 Å². The van der Waals surface area contributed by atoms with Gasteiger partial charge in [-0.15, -0.1) is 0 Å². The molecule has 1 saturated carbocycles. The van der Waals surface area contributed by atoms with Crippen LogP contribution in [0.2, 0.25) is 0 Å². The summed E-state index contributed by atoms with van der Waals surface area (Å²) in [5.41, 5.74) is 7.58. The van der Waals surface area contributed by atoms with E-state index in [1.807, 2.05) is 0 Å². The van der Waals surface area contributed by atoms with Gasteiger partial charge in [0, 0.05) is 19.0 Å². The first kappa shape index (κ1) is 12.9. The number of benzene rings is 1. The van der Waals surface area contributed by atoms with Gasteiger partial charge in [-0.05, 0) is 65.8 Å².